The van der Waals surface area contributed by atoms with Crippen molar-refractivity contribution < 1.29 is 9.50 Å². The van der Waals surface area contributed by atoms with Crippen molar-refractivity contribution >= 4 is 33.2 Å². The highest BCUT2D eigenvalue weighted by atomic mass is 79.9. The number of aliphatic hydroxyl groups is 1. The van der Waals surface area contributed by atoms with Gasteiger partial charge in [-0.05, 0) is 47.3 Å². The maximum Gasteiger partial charge on any atom is 0.125 e. The zero-order valence-corrected chi connectivity index (χ0v) is 10.9. The highest BCUT2D eigenvalue weighted by molar-refractivity contribution is 9.10. The van der Waals surface area contributed by atoms with E-state index in [1.807, 2.05) is 0 Å². The van der Waals surface area contributed by atoms with Gasteiger partial charge >= 0.3 is 0 Å². The summed E-state index contributed by atoms with van der Waals surface area (Å²) in [5, 5.41) is 13.2. The first kappa shape index (κ1) is 12.1. The van der Waals surface area contributed by atoms with E-state index in [1.54, 1.807) is 0 Å². The van der Waals surface area contributed by atoms with Gasteiger partial charge in [-0.2, -0.15) is 0 Å². The molecule has 2 rings (SSSR count). The fourth-order valence-corrected chi connectivity index (χ4v) is 2.90. The SMILES string of the molecule is O[C@H]1CCC[C@@H]1Nc1c(Cl)cc(F)cc1Br. The second-order valence-corrected chi connectivity index (χ2v) is 5.26. The fourth-order valence-electron chi connectivity index (χ4n) is 1.97. The van der Waals surface area contributed by atoms with Crippen molar-refractivity contribution in [3.8, 4) is 0 Å². The molecule has 0 saturated heterocycles. The Hall–Kier alpha value is -0.320. The molecule has 88 valence electrons. The van der Waals surface area contributed by atoms with Crippen molar-refractivity contribution in [1.29, 1.82) is 0 Å². The van der Waals surface area contributed by atoms with Crippen LogP contribution in [-0.4, -0.2) is 17.3 Å². The summed E-state index contributed by atoms with van der Waals surface area (Å²) in [6, 6.07) is 2.62. The Kier molecular flexibility index (Phi) is 3.72. The summed E-state index contributed by atoms with van der Waals surface area (Å²) in [5.41, 5.74) is 0.647. The molecule has 1 fully saturated rings. The molecule has 0 unspecified atom stereocenters. The van der Waals surface area contributed by atoms with Gasteiger partial charge in [-0.1, -0.05) is 11.6 Å². The Labute approximate surface area is 107 Å². The van der Waals surface area contributed by atoms with Crippen molar-refractivity contribution in [3.05, 3.63) is 27.4 Å². The monoisotopic (exact) mass is 307 g/mol. The third-order valence-electron chi connectivity index (χ3n) is 2.82. The standard InChI is InChI=1S/C11H12BrClFNO/c12-7-4-6(14)5-8(13)11(7)15-9-2-1-3-10(9)16/h4-5,9-10,15-16H,1-3H2/t9-,10-/m0/s1. The molecule has 2 atom stereocenters. The normalized spacial score (nSPS) is 24.8. The number of rotatable bonds is 2. The Morgan fingerprint density at radius 1 is 1.44 bits per heavy atom. The summed E-state index contributed by atoms with van der Waals surface area (Å²) < 4.78 is 13.6. The van der Waals surface area contributed by atoms with E-state index in [9.17, 15) is 9.50 Å². The van der Waals surface area contributed by atoms with Crippen molar-refractivity contribution in [2.45, 2.75) is 31.4 Å². The molecule has 0 bridgehead atoms. The van der Waals surface area contributed by atoms with Gasteiger partial charge < -0.3 is 10.4 Å². The van der Waals surface area contributed by atoms with E-state index in [1.165, 1.54) is 12.1 Å². The van der Waals surface area contributed by atoms with E-state index in [4.69, 9.17) is 11.6 Å². The lowest BCUT2D eigenvalue weighted by Gasteiger charge is -2.19. The third kappa shape index (κ3) is 2.50. The van der Waals surface area contributed by atoms with E-state index in [2.05, 4.69) is 21.2 Å². The van der Waals surface area contributed by atoms with Gasteiger partial charge in [0, 0.05) is 4.47 Å². The molecule has 5 heteroatoms. The molecule has 0 radical (unpaired) electrons. The topological polar surface area (TPSA) is 32.3 Å². The predicted octanol–water partition coefficient (Wildman–Crippen LogP) is 3.57. The number of nitrogens with one attached hydrogen (secondary N) is 1. The van der Waals surface area contributed by atoms with Crippen molar-refractivity contribution in [1.82, 2.24) is 0 Å². The van der Waals surface area contributed by atoms with Crippen LogP contribution in [0.3, 0.4) is 0 Å². The van der Waals surface area contributed by atoms with E-state index in [0.29, 0.717) is 15.2 Å². The Balaban J connectivity index is 2.21. The van der Waals surface area contributed by atoms with Gasteiger partial charge in [0.2, 0.25) is 0 Å². The van der Waals surface area contributed by atoms with E-state index < -0.39 is 0 Å². The zero-order chi connectivity index (χ0) is 11.7. The van der Waals surface area contributed by atoms with Gasteiger partial charge in [-0.3, -0.25) is 0 Å². The summed E-state index contributed by atoms with van der Waals surface area (Å²) in [7, 11) is 0. The molecular weight excluding hydrogens is 296 g/mol. The van der Waals surface area contributed by atoms with E-state index in [0.717, 1.165) is 19.3 Å². The highest BCUT2D eigenvalue weighted by Crippen LogP contribution is 2.34. The van der Waals surface area contributed by atoms with Crippen molar-refractivity contribution in [2.24, 2.45) is 0 Å². The summed E-state index contributed by atoms with van der Waals surface area (Å²) in [6.07, 6.45) is 2.35. The predicted molar refractivity (Wildman–Crippen MR) is 66.4 cm³/mol. The number of hydrogen-bond acceptors (Lipinski definition) is 2. The molecule has 2 N–H and O–H groups in total. The number of benzene rings is 1. The van der Waals surface area contributed by atoms with Crippen LogP contribution >= 0.6 is 27.5 Å². The Morgan fingerprint density at radius 3 is 2.75 bits per heavy atom. The number of halogens is 3. The van der Waals surface area contributed by atoms with Crippen molar-refractivity contribution in [3.63, 3.8) is 0 Å². The maximum absolute atomic E-state index is 13.0. The summed E-state index contributed by atoms with van der Waals surface area (Å²) in [4.78, 5) is 0. The van der Waals surface area contributed by atoms with Gasteiger partial charge in [0.25, 0.3) is 0 Å². The average molecular weight is 309 g/mol. The first-order valence-corrected chi connectivity index (χ1v) is 6.34. The molecule has 0 aromatic heterocycles. The summed E-state index contributed by atoms with van der Waals surface area (Å²) in [5.74, 6) is -0.380. The zero-order valence-electron chi connectivity index (χ0n) is 8.51. The number of hydrogen-bond donors (Lipinski definition) is 2. The Morgan fingerprint density at radius 2 is 2.19 bits per heavy atom. The lowest BCUT2D eigenvalue weighted by Crippen LogP contribution is -2.28. The van der Waals surface area contributed by atoms with Crippen LogP contribution in [0.4, 0.5) is 10.1 Å². The van der Waals surface area contributed by atoms with Gasteiger partial charge in [-0.15, -0.1) is 0 Å². The molecule has 0 amide bonds. The van der Waals surface area contributed by atoms with Crippen molar-refractivity contribution in [2.75, 3.05) is 5.32 Å². The molecule has 1 saturated carbocycles. The van der Waals surface area contributed by atoms with Crippen LogP contribution in [0.15, 0.2) is 16.6 Å². The van der Waals surface area contributed by atoms with Crippen LogP contribution in [0.1, 0.15) is 19.3 Å². The van der Waals surface area contributed by atoms with Crippen LogP contribution in [0.2, 0.25) is 5.02 Å². The fraction of sp³-hybridized carbons (Fsp3) is 0.455. The second kappa shape index (κ2) is 4.90. The maximum atomic E-state index is 13.0. The lowest BCUT2D eigenvalue weighted by molar-refractivity contribution is 0.172. The molecule has 0 heterocycles. The lowest BCUT2D eigenvalue weighted by atomic mass is 10.2. The van der Waals surface area contributed by atoms with E-state index in [-0.39, 0.29) is 18.0 Å². The van der Waals surface area contributed by atoms with Gasteiger partial charge in [0.1, 0.15) is 5.82 Å². The molecule has 2 nitrogen and oxygen atoms in total. The molecule has 1 aromatic rings. The largest absolute Gasteiger partial charge is 0.391 e. The molecule has 1 aromatic carbocycles. The van der Waals surface area contributed by atoms with Gasteiger partial charge in [-0.25, -0.2) is 4.39 Å². The van der Waals surface area contributed by atoms with Gasteiger partial charge in [0.05, 0.1) is 22.9 Å². The first-order valence-electron chi connectivity index (χ1n) is 5.17. The van der Waals surface area contributed by atoms with Crippen LogP contribution < -0.4 is 5.32 Å². The quantitative estimate of drug-likeness (QED) is 0.875. The molecule has 0 aliphatic heterocycles. The van der Waals surface area contributed by atoms with Crippen LogP contribution in [-0.2, 0) is 0 Å². The first-order chi connectivity index (χ1) is 7.58. The Bertz CT molecular complexity index is 379. The van der Waals surface area contributed by atoms with Crippen LogP contribution in [0, 0.1) is 5.82 Å². The number of anilines is 1. The van der Waals surface area contributed by atoms with Crippen LogP contribution in [0.5, 0.6) is 0 Å². The average Bonchev–Trinajstić information content (AvgIpc) is 2.57. The summed E-state index contributed by atoms with van der Waals surface area (Å²) >= 11 is 9.20. The molecule has 0 spiro atoms. The van der Waals surface area contributed by atoms with Crippen LogP contribution in [0.25, 0.3) is 0 Å². The second-order valence-electron chi connectivity index (χ2n) is 3.99. The molecule has 1 aliphatic rings. The molecule has 16 heavy (non-hydrogen) atoms. The molecular formula is C11H12BrClFNO. The smallest absolute Gasteiger partial charge is 0.125 e. The number of aliphatic hydroxyl groups excluding tert-OH is 1. The molecule has 1 aliphatic carbocycles. The highest BCUT2D eigenvalue weighted by Gasteiger charge is 2.26. The minimum atomic E-state index is -0.380. The van der Waals surface area contributed by atoms with E-state index >= 15 is 0 Å². The minimum absolute atomic E-state index is 0.000684. The third-order valence-corrected chi connectivity index (χ3v) is 3.74. The summed E-state index contributed by atoms with van der Waals surface area (Å²) in [6.45, 7) is 0. The minimum Gasteiger partial charge on any atom is -0.391 e. The van der Waals surface area contributed by atoms with Gasteiger partial charge in [0.15, 0.2) is 0 Å².